The predicted molar refractivity (Wildman–Crippen MR) is 72.7 cm³/mol. The quantitative estimate of drug-likeness (QED) is 0.869. The highest BCUT2D eigenvalue weighted by molar-refractivity contribution is 5.97. The first-order valence-electron chi connectivity index (χ1n) is 6.24. The Labute approximate surface area is 111 Å². The van der Waals surface area contributed by atoms with Crippen LogP contribution in [0.5, 0.6) is 0 Å². The summed E-state index contributed by atoms with van der Waals surface area (Å²) in [6.45, 7) is 3.83. The minimum Gasteiger partial charge on any atom is -0.394 e. The molecule has 1 unspecified atom stereocenters. The van der Waals surface area contributed by atoms with Gasteiger partial charge in [-0.3, -0.25) is 14.8 Å². The fraction of sp³-hybridized carbons (Fsp3) is 0.357. The molecule has 0 radical (unpaired) electrons. The molecule has 0 spiro atoms. The SMILES string of the molecule is CC(C)C(CO)NC(=O)c1ccc2nccnc2c1. The number of aliphatic hydroxyl groups excluding tert-OH is 1. The van der Waals surface area contributed by atoms with Gasteiger partial charge in [0.05, 0.1) is 23.7 Å². The van der Waals surface area contributed by atoms with Gasteiger partial charge in [-0.2, -0.15) is 0 Å². The maximum absolute atomic E-state index is 12.1. The number of rotatable bonds is 4. The van der Waals surface area contributed by atoms with E-state index in [9.17, 15) is 9.90 Å². The Hall–Kier alpha value is -2.01. The van der Waals surface area contributed by atoms with Crippen LogP contribution in [0.1, 0.15) is 24.2 Å². The van der Waals surface area contributed by atoms with E-state index in [1.807, 2.05) is 13.8 Å². The van der Waals surface area contributed by atoms with Crippen LogP contribution in [0.2, 0.25) is 0 Å². The third-order valence-corrected chi connectivity index (χ3v) is 3.05. The van der Waals surface area contributed by atoms with Crippen LogP contribution >= 0.6 is 0 Å². The topological polar surface area (TPSA) is 75.1 Å². The lowest BCUT2D eigenvalue weighted by Gasteiger charge is -2.19. The summed E-state index contributed by atoms with van der Waals surface area (Å²) in [6, 6.07) is 4.93. The first kappa shape index (κ1) is 13.4. The van der Waals surface area contributed by atoms with Gasteiger partial charge in [0.1, 0.15) is 0 Å². The maximum atomic E-state index is 12.1. The molecule has 0 aliphatic carbocycles. The number of aromatic nitrogens is 2. The highest BCUT2D eigenvalue weighted by atomic mass is 16.3. The van der Waals surface area contributed by atoms with Gasteiger partial charge in [0.15, 0.2) is 0 Å². The maximum Gasteiger partial charge on any atom is 0.251 e. The van der Waals surface area contributed by atoms with Gasteiger partial charge < -0.3 is 10.4 Å². The van der Waals surface area contributed by atoms with Crippen molar-refractivity contribution < 1.29 is 9.90 Å². The van der Waals surface area contributed by atoms with Gasteiger partial charge in [0.25, 0.3) is 5.91 Å². The molecule has 2 rings (SSSR count). The summed E-state index contributed by atoms with van der Waals surface area (Å²) in [7, 11) is 0. The summed E-state index contributed by atoms with van der Waals surface area (Å²) in [4.78, 5) is 20.4. The summed E-state index contributed by atoms with van der Waals surface area (Å²) in [5.41, 5.74) is 1.95. The molecule has 1 heterocycles. The van der Waals surface area contributed by atoms with Gasteiger partial charge in [0, 0.05) is 18.0 Å². The smallest absolute Gasteiger partial charge is 0.251 e. The van der Waals surface area contributed by atoms with Crippen LogP contribution in [0.25, 0.3) is 11.0 Å². The fourth-order valence-electron chi connectivity index (χ4n) is 1.78. The van der Waals surface area contributed by atoms with Crippen molar-refractivity contribution in [1.82, 2.24) is 15.3 Å². The van der Waals surface area contributed by atoms with E-state index in [4.69, 9.17) is 0 Å². The highest BCUT2D eigenvalue weighted by Gasteiger charge is 2.16. The second-order valence-corrected chi connectivity index (χ2v) is 4.77. The second-order valence-electron chi connectivity index (χ2n) is 4.77. The number of benzene rings is 1. The Bertz CT molecular complexity index is 584. The lowest BCUT2D eigenvalue weighted by molar-refractivity contribution is 0.0897. The third-order valence-electron chi connectivity index (χ3n) is 3.05. The minimum atomic E-state index is -0.245. The normalized spacial score (nSPS) is 12.6. The number of hydrogen-bond donors (Lipinski definition) is 2. The number of amides is 1. The van der Waals surface area contributed by atoms with E-state index >= 15 is 0 Å². The van der Waals surface area contributed by atoms with Crippen molar-refractivity contribution in [3.63, 3.8) is 0 Å². The molecule has 1 amide bonds. The summed E-state index contributed by atoms with van der Waals surface area (Å²) >= 11 is 0. The third kappa shape index (κ3) is 3.06. The first-order chi connectivity index (χ1) is 9.11. The molecule has 5 nitrogen and oxygen atoms in total. The van der Waals surface area contributed by atoms with E-state index in [2.05, 4.69) is 15.3 Å². The molecule has 0 saturated heterocycles. The number of nitrogens with zero attached hydrogens (tertiary/aromatic N) is 2. The molecule has 2 aromatic rings. The number of fused-ring (bicyclic) bond motifs is 1. The van der Waals surface area contributed by atoms with E-state index in [0.29, 0.717) is 11.1 Å². The van der Waals surface area contributed by atoms with E-state index in [0.717, 1.165) is 5.52 Å². The summed E-state index contributed by atoms with van der Waals surface area (Å²) in [6.07, 6.45) is 3.21. The summed E-state index contributed by atoms with van der Waals surface area (Å²) in [5.74, 6) is -0.0329. The average molecular weight is 259 g/mol. The summed E-state index contributed by atoms with van der Waals surface area (Å²) < 4.78 is 0. The van der Waals surface area contributed by atoms with Crippen molar-refractivity contribution in [3.05, 3.63) is 36.2 Å². The van der Waals surface area contributed by atoms with Crippen molar-refractivity contribution >= 4 is 16.9 Å². The lowest BCUT2D eigenvalue weighted by atomic mass is 10.0. The molecule has 1 aromatic carbocycles. The zero-order chi connectivity index (χ0) is 13.8. The monoisotopic (exact) mass is 259 g/mol. The van der Waals surface area contributed by atoms with Crippen LogP contribution in [0.15, 0.2) is 30.6 Å². The predicted octanol–water partition coefficient (Wildman–Crippen LogP) is 1.38. The number of nitrogens with one attached hydrogen (secondary N) is 1. The zero-order valence-corrected chi connectivity index (χ0v) is 11.0. The molecule has 0 saturated carbocycles. The molecule has 2 N–H and O–H groups in total. The van der Waals surface area contributed by atoms with Crippen LogP contribution in [0.4, 0.5) is 0 Å². The van der Waals surface area contributed by atoms with Gasteiger partial charge in [-0.1, -0.05) is 13.8 Å². The molecular weight excluding hydrogens is 242 g/mol. The molecule has 1 atom stereocenters. The van der Waals surface area contributed by atoms with Crippen LogP contribution in [0.3, 0.4) is 0 Å². The number of aliphatic hydroxyl groups is 1. The Balaban J connectivity index is 2.21. The van der Waals surface area contributed by atoms with E-state index in [1.165, 1.54) is 0 Å². The van der Waals surface area contributed by atoms with Crippen molar-refractivity contribution in [3.8, 4) is 0 Å². The molecule has 5 heteroatoms. The Morgan fingerprint density at radius 3 is 2.58 bits per heavy atom. The largest absolute Gasteiger partial charge is 0.394 e. The highest BCUT2D eigenvalue weighted by Crippen LogP contribution is 2.11. The van der Waals surface area contributed by atoms with Crippen molar-refractivity contribution in [2.75, 3.05) is 6.61 Å². The van der Waals surface area contributed by atoms with E-state index < -0.39 is 0 Å². The van der Waals surface area contributed by atoms with E-state index in [-0.39, 0.29) is 24.5 Å². The average Bonchev–Trinajstić information content (AvgIpc) is 2.43. The fourth-order valence-corrected chi connectivity index (χ4v) is 1.78. The van der Waals surface area contributed by atoms with Crippen LogP contribution in [-0.2, 0) is 0 Å². The molecule has 0 fully saturated rings. The van der Waals surface area contributed by atoms with Gasteiger partial charge in [-0.25, -0.2) is 0 Å². The van der Waals surface area contributed by atoms with Gasteiger partial charge in [0.2, 0.25) is 0 Å². The minimum absolute atomic E-state index is 0.0726. The van der Waals surface area contributed by atoms with Gasteiger partial charge in [-0.05, 0) is 24.1 Å². The number of carbonyl (C=O) groups excluding carboxylic acids is 1. The zero-order valence-electron chi connectivity index (χ0n) is 11.0. The van der Waals surface area contributed by atoms with Crippen LogP contribution in [0, 0.1) is 5.92 Å². The lowest BCUT2D eigenvalue weighted by Crippen LogP contribution is -2.41. The van der Waals surface area contributed by atoms with Crippen molar-refractivity contribution in [2.45, 2.75) is 19.9 Å². The van der Waals surface area contributed by atoms with Crippen molar-refractivity contribution in [1.29, 1.82) is 0 Å². The molecule has 100 valence electrons. The van der Waals surface area contributed by atoms with Crippen LogP contribution in [-0.4, -0.2) is 33.6 Å². The summed E-state index contributed by atoms with van der Waals surface area (Å²) in [5, 5.41) is 12.0. The molecule has 1 aromatic heterocycles. The second kappa shape index (κ2) is 5.75. The number of hydrogen-bond acceptors (Lipinski definition) is 4. The first-order valence-corrected chi connectivity index (χ1v) is 6.24. The molecule has 0 aliphatic rings. The van der Waals surface area contributed by atoms with Gasteiger partial charge >= 0.3 is 0 Å². The standard InChI is InChI=1S/C14H17N3O2/c1-9(2)13(8-18)17-14(19)10-3-4-11-12(7-10)16-6-5-15-11/h3-7,9,13,18H,8H2,1-2H3,(H,17,19). The Kier molecular flexibility index (Phi) is 4.06. The number of carbonyl (C=O) groups is 1. The molecule has 0 bridgehead atoms. The Morgan fingerprint density at radius 2 is 1.95 bits per heavy atom. The molecule has 19 heavy (non-hydrogen) atoms. The van der Waals surface area contributed by atoms with Gasteiger partial charge in [-0.15, -0.1) is 0 Å². The Morgan fingerprint density at radius 1 is 1.26 bits per heavy atom. The molecule has 0 aliphatic heterocycles. The van der Waals surface area contributed by atoms with Crippen LogP contribution < -0.4 is 5.32 Å². The van der Waals surface area contributed by atoms with Crippen molar-refractivity contribution in [2.24, 2.45) is 5.92 Å². The van der Waals surface area contributed by atoms with E-state index in [1.54, 1.807) is 30.6 Å². The molecular formula is C14H17N3O2.